The molecule has 0 aliphatic heterocycles. The number of nitrogens with zero attached hydrogens (tertiary/aromatic N) is 2. The zero-order chi connectivity index (χ0) is 12.1. The Morgan fingerprint density at radius 2 is 2.47 bits per heavy atom. The molecule has 0 spiro atoms. The molecule has 2 rings (SSSR count). The Morgan fingerprint density at radius 1 is 1.59 bits per heavy atom. The molecular formula is C12H15N3OS. The highest BCUT2D eigenvalue weighted by molar-refractivity contribution is 7.09. The number of carbonyl (C=O) groups excluding carboxylic acids is 1. The molecule has 2 heterocycles. The summed E-state index contributed by atoms with van der Waals surface area (Å²) in [7, 11) is 0. The first-order valence-corrected chi connectivity index (χ1v) is 6.50. The van der Waals surface area contributed by atoms with Gasteiger partial charge >= 0.3 is 0 Å². The lowest BCUT2D eigenvalue weighted by molar-refractivity contribution is -0.116. The van der Waals surface area contributed by atoms with E-state index in [1.165, 1.54) is 4.88 Å². The number of aryl methyl sites for hydroxylation is 2. The Labute approximate surface area is 104 Å². The van der Waals surface area contributed by atoms with Gasteiger partial charge in [-0.3, -0.25) is 9.48 Å². The van der Waals surface area contributed by atoms with Crippen LogP contribution in [0.3, 0.4) is 0 Å². The maximum Gasteiger partial charge on any atom is 0.224 e. The zero-order valence-electron chi connectivity index (χ0n) is 9.72. The fourth-order valence-corrected chi connectivity index (χ4v) is 2.23. The second-order valence-corrected chi connectivity index (χ2v) is 4.74. The van der Waals surface area contributed by atoms with E-state index in [4.69, 9.17) is 0 Å². The molecule has 0 aliphatic rings. The standard InChI is InChI=1S/C12H15N3OS/c1-2-15-9-10(8-13-15)14-12(16)6-5-11-4-3-7-17-11/h3-4,7-9H,2,5-6H2,1H3,(H,14,16). The van der Waals surface area contributed by atoms with Crippen LogP contribution >= 0.6 is 11.3 Å². The van der Waals surface area contributed by atoms with E-state index in [0.29, 0.717) is 6.42 Å². The molecule has 0 bridgehead atoms. The van der Waals surface area contributed by atoms with Gasteiger partial charge in [0.25, 0.3) is 0 Å². The Balaban J connectivity index is 1.81. The fraction of sp³-hybridized carbons (Fsp3) is 0.333. The predicted octanol–water partition coefficient (Wildman–Crippen LogP) is 2.54. The van der Waals surface area contributed by atoms with Gasteiger partial charge in [0.1, 0.15) is 0 Å². The number of carbonyl (C=O) groups is 1. The predicted molar refractivity (Wildman–Crippen MR) is 69.2 cm³/mol. The van der Waals surface area contributed by atoms with E-state index in [0.717, 1.165) is 18.7 Å². The molecule has 2 aromatic heterocycles. The van der Waals surface area contributed by atoms with Crippen molar-refractivity contribution >= 4 is 22.9 Å². The number of hydrogen-bond acceptors (Lipinski definition) is 3. The fourth-order valence-electron chi connectivity index (χ4n) is 1.52. The lowest BCUT2D eigenvalue weighted by atomic mass is 10.2. The van der Waals surface area contributed by atoms with Crippen LogP contribution in [0.1, 0.15) is 18.2 Å². The van der Waals surface area contributed by atoms with Gasteiger partial charge in [-0.05, 0) is 24.8 Å². The van der Waals surface area contributed by atoms with E-state index in [1.54, 1.807) is 22.2 Å². The van der Waals surface area contributed by atoms with Crippen LogP contribution in [0.15, 0.2) is 29.9 Å². The van der Waals surface area contributed by atoms with Gasteiger partial charge in [0.15, 0.2) is 0 Å². The monoisotopic (exact) mass is 249 g/mol. The van der Waals surface area contributed by atoms with Gasteiger partial charge < -0.3 is 5.32 Å². The quantitative estimate of drug-likeness (QED) is 0.885. The zero-order valence-corrected chi connectivity index (χ0v) is 10.5. The van der Waals surface area contributed by atoms with Gasteiger partial charge in [-0.15, -0.1) is 11.3 Å². The van der Waals surface area contributed by atoms with Gasteiger partial charge in [-0.25, -0.2) is 0 Å². The van der Waals surface area contributed by atoms with Crippen molar-refractivity contribution in [3.63, 3.8) is 0 Å². The smallest absolute Gasteiger partial charge is 0.224 e. The first kappa shape index (κ1) is 11.9. The van der Waals surface area contributed by atoms with Crippen LogP contribution in [0.2, 0.25) is 0 Å². The van der Waals surface area contributed by atoms with E-state index in [-0.39, 0.29) is 5.91 Å². The van der Waals surface area contributed by atoms with E-state index < -0.39 is 0 Å². The first-order chi connectivity index (χ1) is 8.28. The summed E-state index contributed by atoms with van der Waals surface area (Å²) in [5.41, 5.74) is 0.767. The Hall–Kier alpha value is -1.62. The lowest BCUT2D eigenvalue weighted by Gasteiger charge is -2.00. The number of aromatic nitrogens is 2. The van der Waals surface area contributed by atoms with Crippen molar-refractivity contribution in [2.45, 2.75) is 26.3 Å². The van der Waals surface area contributed by atoms with Crippen molar-refractivity contribution < 1.29 is 4.79 Å². The molecule has 0 saturated heterocycles. The molecule has 1 amide bonds. The summed E-state index contributed by atoms with van der Waals surface area (Å²) in [5, 5.41) is 8.97. The number of amides is 1. The summed E-state index contributed by atoms with van der Waals surface area (Å²) in [6, 6.07) is 4.05. The third kappa shape index (κ3) is 3.42. The number of rotatable bonds is 5. The molecule has 4 nitrogen and oxygen atoms in total. The van der Waals surface area contributed by atoms with Crippen LogP contribution < -0.4 is 5.32 Å². The molecule has 1 N–H and O–H groups in total. The molecule has 17 heavy (non-hydrogen) atoms. The average Bonchev–Trinajstić information content (AvgIpc) is 2.97. The molecular weight excluding hydrogens is 234 g/mol. The van der Waals surface area contributed by atoms with Crippen molar-refractivity contribution in [2.24, 2.45) is 0 Å². The van der Waals surface area contributed by atoms with Crippen LogP contribution in [-0.2, 0) is 17.8 Å². The number of thiophene rings is 1. The molecule has 5 heteroatoms. The molecule has 0 aliphatic carbocycles. The second kappa shape index (κ2) is 5.63. The van der Waals surface area contributed by atoms with E-state index in [1.807, 2.05) is 30.6 Å². The van der Waals surface area contributed by atoms with Crippen molar-refractivity contribution in [3.8, 4) is 0 Å². The molecule has 0 radical (unpaired) electrons. The summed E-state index contributed by atoms with van der Waals surface area (Å²) < 4.78 is 1.79. The molecule has 2 aromatic rings. The van der Waals surface area contributed by atoms with Crippen LogP contribution in [0.5, 0.6) is 0 Å². The van der Waals surface area contributed by atoms with Gasteiger partial charge in [-0.2, -0.15) is 5.10 Å². The topological polar surface area (TPSA) is 46.9 Å². The van der Waals surface area contributed by atoms with Gasteiger partial charge in [0.05, 0.1) is 11.9 Å². The second-order valence-electron chi connectivity index (χ2n) is 3.71. The molecule has 90 valence electrons. The maximum atomic E-state index is 11.7. The Kier molecular flexibility index (Phi) is 3.93. The third-order valence-electron chi connectivity index (χ3n) is 2.42. The Bertz CT molecular complexity index is 476. The molecule has 0 saturated carbocycles. The van der Waals surface area contributed by atoms with Crippen molar-refractivity contribution in [1.29, 1.82) is 0 Å². The largest absolute Gasteiger partial charge is 0.323 e. The normalized spacial score (nSPS) is 10.4. The summed E-state index contributed by atoms with van der Waals surface area (Å²) in [6.07, 6.45) is 4.82. The molecule has 0 atom stereocenters. The number of anilines is 1. The van der Waals surface area contributed by atoms with Crippen LogP contribution in [0, 0.1) is 0 Å². The highest BCUT2D eigenvalue weighted by Gasteiger charge is 2.05. The lowest BCUT2D eigenvalue weighted by Crippen LogP contribution is -2.11. The average molecular weight is 249 g/mol. The molecule has 0 fully saturated rings. The van der Waals surface area contributed by atoms with E-state index in [9.17, 15) is 4.79 Å². The summed E-state index contributed by atoms with van der Waals surface area (Å²) in [4.78, 5) is 12.9. The van der Waals surface area contributed by atoms with Gasteiger partial charge in [-0.1, -0.05) is 6.07 Å². The summed E-state index contributed by atoms with van der Waals surface area (Å²) >= 11 is 1.68. The summed E-state index contributed by atoms with van der Waals surface area (Å²) in [6.45, 7) is 2.82. The van der Waals surface area contributed by atoms with Crippen molar-refractivity contribution in [3.05, 3.63) is 34.8 Å². The van der Waals surface area contributed by atoms with Crippen LogP contribution in [0.25, 0.3) is 0 Å². The number of hydrogen-bond donors (Lipinski definition) is 1. The molecule has 0 unspecified atom stereocenters. The van der Waals surface area contributed by atoms with Crippen LogP contribution in [-0.4, -0.2) is 15.7 Å². The summed E-state index contributed by atoms with van der Waals surface area (Å²) in [5.74, 6) is 0.0362. The van der Waals surface area contributed by atoms with Crippen molar-refractivity contribution in [2.75, 3.05) is 5.32 Å². The minimum Gasteiger partial charge on any atom is -0.323 e. The van der Waals surface area contributed by atoms with Gasteiger partial charge in [0, 0.05) is 24.0 Å². The Morgan fingerprint density at radius 3 is 3.12 bits per heavy atom. The minimum absolute atomic E-state index is 0.0362. The highest BCUT2D eigenvalue weighted by atomic mass is 32.1. The van der Waals surface area contributed by atoms with Gasteiger partial charge in [0.2, 0.25) is 5.91 Å². The minimum atomic E-state index is 0.0362. The third-order valence-corrected chi connectivity index (χ3v) is 3.36. The molecule has 0 aromatic carbocycles. The van der Waals surface area contributed by atoms with E-state index >= 15 is 0 Å². The van der Waals surface area contributed by atoms with E-state index in [2.05, 4.69) is 10.4 Å². The first-order valence-electron chi connectivity index (χ1n) is 5.62. The maximum absolute atomic E-state index is 11.7. The van der Waals surface area contributed by atoms with Crippen LogP contribution in [0.4, 0.5) is 5.69 Å². The highest BCUT2D eigenvalue weighted by Crippen LogP contribution is 2.12. The van der Waals surface area contributed by atoms with Crippen molar-refractivity contribution in [1.82, 2.24) is 9.78 Å². The SMILES string of the molecule is CCn1cc(NC(=O)CCc2cccs2)cn1. The number of nitrogens with one attached hydrogen (secondary N) is 1.